The molecule has 2 aromatic rings. The summed E-state index contributed by atoms with van der Waals surface area (Å²) in [6.07, 6.45) is 10.6. The molecule has 6 heteroatoms. The van der Waals surface area contributed by atoms with Gasteiger partial charge in [0.05, 0.1) is 6.04 Å². The van der Waals surface area contributed by atoms with Gasteiger partial charge < -0.3 is 10.1 Å². The molecule has 1 amide bonds. The minimum atomic E-state index is -0.108. The van der Waals surface area contributed by atoms with Crippen molar-refractivity contribution >= 4 is 29.2 Å². The molecule has 1 aliphatic carbocycles. The van der Waals surface area contributed by atoms with E-state index in [1.54, 1.807) is 18.2 Å². The van der Waals surface area contributed by atoms with Crippen LogP contribution in [0.25, 0.3) is 6.08 Å². The van der Waals surface area contributed by atoms with Crippen LogP contribution in [-0.4, -0.2) is 28.8 Å². The van der Waals surface area contributed by atoms with Crippen LogP contribution in [0.3, 0.4) is 0 Å². The van der Waals surface area contributed by atoms with E-state index in [4.69, 9.17) is 22.2 Å². The van der Waals surface area contributed by atoms with Gasteiger partial charge in [0.2, 0.25) is 5.91 Å². The van der Waals surface area contributed by atoms with E-state index in [0.717, 1.165) is 12.0 Å². The molecule has 0 bridgehead atoms. The van der Waals surface area contributed by atoms with Gasteiger partial charge in [0, 0.05) is 11.6 Å². The predicted octanol–water partition coefficient (Wildman–Crippen LogP) is 4.89. The Morgan fingerprint density at radius 3 is 2.48 bits per heavy atom. The summed E-state index contributed by atoms with van der Waals surface area (Å²) in [7, 11) is 0. The van der Waals surface area contributed by atoms with Gasteiger partial charge >= 0.3 is 0 Å². The summed E-state index contributed by atoms with van der Waals surface area (Å²) in [4.78, 5) is 12.8. The van der Waals surface area contributed by atoms with Crippen LogP contribution in [0, 0.1) is 5.92 Å². The first-order valence-electron chi connectivity index (χ1n) is 10.8. The highest BCUT2D eigenvalue weighted by Gasteiger charge is 2.20. The maximum absolute atomic E-state index is 12.5. The Morgan fingerprint density at radius 1 is 1.10 bits per heavy atom. The summed E-state index contributed by atoms with van der Waals surface area (Å²) in [6, 6.07) is 16.9. The predicted molar refractivity (Wildman–Crippen MR) is 127 cm³/mol. The van der Waals surface area contributed by atoms with Gasteiger partial charge in [-0.3, -0.25) is 15.5 Å². The monoisotopic (exact) mass is 438 g/mol. The molecule has 1 saturated carbocycles. The van der Waals surface area contributed by atoms with E-state index in [2.05, 4.69) is 5.32 Å². The zero-order valence-electron chi connectivity index (χ0n) is 17.6. The molecule has 0 heterocycles. The fourth-order valence-corrected chi connectivity index (χ4v) is 4.08. The molecule has 1 aliphatic rings. The maximum Gasteiger partial charge on any atom is 0.244 e. The number of hydrogen-bond acceptors (Lipinski definition) is 4. The number of nitrogens with one attached hydrogen (secondary N) is 2. The van der Waals surface area contributed by atoms with Crippen LogP contribution in [-0.2, 0) is 4.79 Å². The zero-order chi connectivity index (χ0) is 21.9. The second kappa shape index (κ2) is 12.2. The van der Waals surface area contributed by atoms with Gasteiger partial charge in [-0.1, -0.05) is 74.7 Å². The van der Waals surface area contributed by atoms with Crippen LogP contribution in [0.15, 0.2) is 60.7 Å². The lowest BCUT2D eigenvalue weighted by atomic mass is 9.85. The second-order valence-electron chi connectivity index (χ2n) is 7.97. The molecule has 0 saturated heterocycles. The standard InChI is InChI=1S/C25H30N2O3S/c28-24(16-11-19-7-3-1-4-8-19)26-22(17-20-9-5-2-6-10-20)18-30-23-14-12-21(13-15-23)25(31)27-29/h1,3-4,7-8,11-16,20,22,29H,2,5-6,9-10,17-18H2,(H,26,28)(H,27,31)/t22-/m0/s1. The van der Waals surface area contributed by atoms with Crippen LogP contribution in [0.2, 0.25) is 0 Å². The first kappa shape index (κ1) is 23.0. The Hall–Kier alpha value is -2.70. The normalized spacial score (nSPS) is 15.4. The van der Waals surface area contributed by atoms with E-state index in [9.17, 15) is 4.79 Å². The van der Waals surface area contributed by atoms with Crippen molar-refractivity contribution in [3.05, 3.63) is 71.8 Å². The second-order valence-corrected chi connectivity index (χ2v) is 8.37. The van der Waals surface area contributed by atoms with Crippen LogP contribution in [0.1, 0.15) is 49.7 Å². The molecule has 3 N–H and O–H groups in total. The molecule has 2 aromatic carbocycles. The highest BCUT2D eigenvalue weighted by atomic mass is 32.1. The molecule has 0 radical (unpaired) electrons. The molecule has 164 valence electrons. The van der Waals surface area contributed by atoms with Gasteiger partial charge in [-0.25, -0.2) is 0 Å². The van der Waals surface area contributed by atoms with Gasteiger partial charge in [-0.2, -0.15) is 0 Å². The van der Waals surface area contributed by atoms with E-state index >= 15 is 0 Å². The SMILES string of the molecule is O=C(C=Cc1ccccc1)N[C@H](COc1ccc(C(=S)NO)cc1)CC1CCCCC1. The third kappa shape index (κ3) is 7.81. The van der Waals surface area contributed by atoms with Crippen molar-refractivity contribution in [2.45, 2.75) is 44.6 Å². The lowest BCUT2D eigenvalue weighted by molar-refractivity contribution is -0.117. The van der Waals surface area contributed by atoms with Crippen LogP contribution in [0.4, 0.5) is 0 Å². The Bertz CT molecular complexity index is 862. The average molecular weight is 439 g/mol. The Balaban J connectivity index is 1.59. The summed E-state index contributed by atoms with van der Waals surface area (Å²) >= 11 is 5.01. The number of benzene rings is 2. The van der Waals surface area contributed by atoms with Crippen LogP contribution in [0.5, 0.6) is 5.75 Å². The summed E-state index contributed by atoms with van der Waals surface area (Å²) < 4.78 is 5.98. The van der Waals surface area contributed by atoms with E-state index in [1.165, 1.54) is 32.1 Å². The van der Waals surface area contributed by atoms with Gasteiger partial charge in [0.1, 0.15) is 17.3 Å². The van der Waals surface area contributed by atoms with Crippen molar-refractivity contribution in [1.29, 1.82) is 0 Å². The Morgan fingerprint density at radius 2 is 1.81 bits per heavy atom. The van der Waals surface area contributed by atoms with Crippen molar-refractivity contribution in [3.63, 3.8) is 0 Å². The Kier molecular flexibility index (Phi) is 9.06. The molecular weight excluding hydrogens is 408 g/mol. The summed E-state index contributed by atoms with van der Waals surface area (Å²) in [6.45, 7) is 0.406. The van der Waals surface area contributed by atoms with Crippen molar-refractivity contribution < 1.29 is 14.7 Å². The number of hydrogen-bond donors (Lipinski definition) is 3. The third-order valence-electron chi connectivity index (χ3n) is 5.58. The summed E-state index contributed by atoms with van der Waals surface area (Å²) in [5, 5.41) is 12.1. The van der Waals surface area contributed by atoms with Crippen molar-refractivity contribution in [2.75, 3.05) is 6.61 Å². The van der Waals surface area contributed by atoms with Crippen molar-refractivity contribution in [2.24, 2.45) is 5.92 Å². The quantitative estimate of drug-likeness (QED) is 0.295. The van der Waals surface area contributed by atoms with Gasteiger partial charge in [0.25, 0.3) is 0 Å². The first-order chi connectivity index (χ1) is 15.1. The smallest absolute Gasteiger partial charge is 0.244 e. The third-order valence-corrected chi connectivity index (χ3v) is 5.91. The molecular formula is C25H30N2O3S. The summed E-state index contributed by atoms with van der Waals surface area (Å²) in [5.74, 6) is 1.21. The number of carbonyl (C=O) groups excluding carboxylic acids is 1. The fourth-order valence-electron chi connectivity index (χ4n) is 3.94. The molecule has 3 rings (SSSR count). The van der Waals surface area contributed by atoms with Gasteiger partial charge in [0.15, 0.2) is 0 Å². The number of rotatable bonds is 9. The maximum atomic E-state index is 12.5. The molecule has 0 aliphatic heterocycles. The number of amides is 1. The number of carbonyl (C=O) groups is 1. The largest absolute Gasteiger partial charge is 0.491 e. The molecule has 0 aromatic heterocycles. The average Bonchev–Trinajstić information content (AvgIpc) is 2.82. The molecule has 0 spiro atoms. The van der Waals surface area contributed by atoms with Crippen molar-refractivity contribution in [3.8, 4) is 5.75 Å². The zero-order valence-corrected chi connectivity index (χ0v) is 18.4. The van der Waals surface area contributed by atoms with Gasteiger partial charge in [-0.05, 0) is 48.2 Å². The minimum absolute atomic E-state index is 0.0594. The highest BCUT2D eigenvalue weighted by molar-refractivity contribution is 7.80. The lowest BCUT2D eigenvalue weighted by Gasteiger charge is -2.27. The first-order valence-corrected chi connectivity index (χ1v) is 11.3. The number of hydroxylamine groups is 1. The van der Waals surface area contributed by atoms with Crippen LogP contribution >= 0.6 is 12.2 Å². The highest BCUT2D eigenvalue weighted by Crippen LogP contribution is 2.27. The molecule has 1 fully saturated rings. The van der Waals surface area contributed by atoms with E-state index < -0.39 is 0 Å². The molecule has 31 heavy (non-hydrogen) atoms. The lowest BCUT2D eigenvalue weighted by Crippen LogP contribution is -2.40. The van der Waals surface area contributed by atoms with Crippen LogP contribution < -0.4 is 15.5 Å². The van der Waals surface area contributed by atoms with E-state index in [1.807, 2.05) is 54.0 Å². The Labute approximate surface area is 189 Å². The molecule has 1 atom stereocenters. The molecule has 0 unspecified atom stereocenters. The fraction of sp³-hybridized carbons (Fsp3) is 0.360. The van der Waals surface area contributed by atoms with Crippen molar-refractivity contribution in [1.82, 2.24) is 10.8 Å². The van der Waals surface area contributed by atoms with E-state index in [0.29, 0.717) is 23.8 Å². The molecule has 5 nitrogen and oxygen atoms in total. The topological polar surface area (TPSA) is 70.6 Å². The van der Waals surface area contributed by atoms with Gasteiger partial charge in [-0.15, -0.1) is 0 Å². The number of ether oxygens (including phenoxy) is 1. The summed E-state index contributed by atoms with van der Waals surface area (Å²) in [5.41, 5.74) is 3.68. The number of thiocarbonyl (C=S) groups is 1. The van der Waals surface area contributed by atoms with E-state index in [-0.39, 0.29) is 16.9 Å². The minimum Gasteiger partial charge on any atom is -0.491 e.